The predicted octanol–water partition coefficient (Wildman–Crippen LogP) is 3.14. The van der Waals surface area contributed by atoms with Gasteiger partial charge < -0.3 is 20.3 Å². The van der Waals surface area contributed by atoms with E-state index in [0.29, 0.717) is 17.6 Å². The number of aliphatic hydroxyl groups excluding tert-OH is 1. The van der Waals surface area contributed by atoms with E-state index in [4.69, 9.17) is 9.84 Å². The number of aliphatic hydroxyl groups is 1. The third-order valence-electron chi connectivity index (χ3n) is 2.77. The maximum atomic E-state index is 9.89. The summed E-state index contributed by atoms with van der Waals surface area (Å²) < 4.78 is 5.97. The highest BCUT2D eigenvalue weighted by Crippen LogP contribution is 2.28. The second-order valence-electron chi connectivity index (χ2n) is 4.20. The molecule has 0 amide bonds. The number of halogens is 1. The molecule has 0 fully saturated rings. The molecule has 0 aliphatic rings. The molecule has 0 radical (unpaired) electrons. The minimum absolute atomic E-state index is 0.00215. The average Bonchev–Trinajstić information content (AvgIpc) is 2.48. The molecule has 0 atom stereocenters. The Morgan fingerprint density at radius 3 is 2.55 bits per heavy atom. The van der Waals surface area contributed by atoms with Crippen molar-refractivity contribution in [3.63, 3.8) is 0 Å². The summed E-state index contributed by atoms with van der Waals surface area (Å²) in [6.45, 7) is 0.822. The monoisotopic (exact) mass is 337 g/mol. The summed E-state index contributed by atoms with van der Waals surface area (Å²) in [4.78, 5) is 0. The number of anilines is 1. The van der Waals surface area contributed by atoms with Crippen molar-refractivity contribution in [3.05, 3.63) is 52.5 Å². The van der Waals surface area contributed by atoms with Crippen LogP contribution in [0.1, 0.15) is 5.56 Å². The van der Waals surface area contributed by atoms with Gasteiger partial charge >= 0.3 is 0 Å². The molecule has 0 unspecified atom stereocenters. The number of rotatable bonds is 6. The summed E-state index contributed by atoms with van der Waals surface area (Å²) in [6.07, 6.45) is 0. The van der Waals surface area contributed by atoms with Crippen molar-refractivity contribution in [2.75, 3.05) is 18.5 Å². The number of benzene rings is 2. The molecule has 0 saturated carbocycles. The quantitative estimate of drug-likeness (QED) is 0.757. The molecule has 0 aliphatic heterocycles. The first-order valence-corrected chi connectivity index (χ1v) is 7.04. The molecule has 2 aromatic carbocycles. The van der Waals surface area contributed by atoms with Crippen LogP contribution in [-0.4, -0.2) is 23.4 Å². The molecular weight excluding hydrogens is 322 g/mol. The molecular formula is C15H16BrNO3. The second-order valence-corrected chi connectivity index (χ2v) is 5.05. The Morgan fingerprint density at radius 2 is 1.85 bits per heavy atom. The molecule has 0 saturated heterocycles. The summed E-state index contributed by atoms with van der Waals surface area (Å²) >= 11 is 3.29. The van der Waals surface area contributed by atoms with Gasteiger partial charge in [-0.05, 0) is 46.3 Å². The minimum Gasteiger partial charge on any atom is -0.506 e. The largest absolute Gasteiger partial charge is 0.506 e. The van der Waals surface area contributed by atoms with Gasteiger partial charge in [-0.2, -0.15) is 0 Å². The SMILES string of the molecule is OCCOc1ccc(NCc2cccc(Br)c2O)cc1. The lowest BCUT2D eigenvalue weighted by Crippen LogP contribution is -2.02. The van der Waals surface area contributed by atoms with E-state index in [0.717, 1.165) is 17.0 Å². The second kappa shape index (κ2) is 7.17. The van der Waals surface area contributed by atoms with Crippen LogP contribution in [0.3, 0.4) is 0 Å². The van der Waals surface area contributed by atoms with Crippen molar-refractivity contribution in [1.82, 2.24) is 0 Å². The number of ether oxygens (including phenoxy) is 1. The van der Waals surface area contributed by atoms with E-state index in [1.807, 2.05) is 36.4 Å². The van der Waals surface area contributed by atoms with E-state index in [-0.39, 0.29) is 12.4 Å². The van der Waals surface area contributed by atoms with Crippen molar-refractivity contribution < 1.29 is 14.9 Å². The molecule has 20 heavy (non-hydrogen) atoms. The Bertz CT molecular complexity index is 558. The van der Waals surface area contributed by atoms with Crippen LogP contribution in [0, 0.1) is 0 Å². The fraction of sp³-hybridized carbons (Fsp3) is 0.200. The van der Waals surface area contributed by atoms with Gasteiger partial charge in [0.1, 0.15) is 18.1 Å². The number of nitrogens with one attached hydrogen (secondary N) is 1. The summed E-state index contributed by atoms with van der Waals surface area (Å²) in [7, 11) is 0. The molecule has 4 nitrogen and oxygen atoms in total. The number of phenolic OH excluding ortho intramolecular Hbond substituents is 1. The van der Waals surface area contributed by atoms with Crippen molar-refractivity contribution in [1.29, 1.82) is 0 Å². The third kappa shape index (κ3) is 3.88. The number of phenols is 1. The van der Waals surface area contributed by atoms with Gasteiger partial charge in [-0.3, -0.25) is 0 Å². The van der Waals surface area contributed by atoms with Crippen LogP contribution in [0.4, 0.5) is 5.69 Å². The standard InChI is InChI=1S/C15H16BrNO3/c16-14-3-1-2-11(15(14)19)10-17-12-4-6-13(7-5-12)20-9-8-18/h1-7,17-19H,8-10H2. The Labute approximate surface area is 126 Å². The van der Waals surface area contributed by atoms with Crippen molar-refractivity contribution >= 4 is 21.6 Å². The molecule has 5 heteroatoms. The third-order valence-corrected chi connectivity index (χ3v) is 3.41. The fourth-order valence-electron chi connectivity index (χ4n) is 1.73. The lowest BCUT2D eigenvalue weighted by molar-refractivity contribution is 0.201. The lowest BCUT2D eigenvalue weighted by Gasteiger charge is -2.10. The molecule has 106 valence electrons. The summed E-state index contributed by atoms with van der Waals surface area (Å²) in [5, 5.41) is 21.8. The Morgan fingerprint density at radius 1 is 1.10 bits per heavy atom. The van der Waals surface area contributed by atoms with Crippen molar-refractivity contribution in [2.45, 2.75) is 6.54 Å². The number of para-hydroxylation sites is 1. The van der Waals surface area contributed by atoms with E-state index >= 15 is 0 Å². The topological polar surface area (TPSA) is 61.7 Å². The van der Waals surface area contributed by atoms with Gasteiger partial charge in [-0.1, -0.05) is 12.1 Å². The van der Waals surface area contributed by atoms with Gasteiger partial charge in [-0.15, -0.1) is 0 Å². The van der Waals surface area contributed by atoms with Gasteiger partial charge in [0.2, 0.25) is 0 Å². The van der Waals surface area contributed by atoms with E-state index in [9.17, 15) is 5.11 Å². The molecule has 0 heterocycles. The molecule has 0 aliphatic carbocycles. The van der Waals surface area contributed by atoms with Crippen LogP contribution in [0.15, 0.2) is 46.9 Å². The van der Waals surface area contributed by atoms with Crippen LogP contribution < -0.4 is 10.1 Å². The molecule has 2 aromatic rings. The molecule has 0 spiro atoms. The zero-order valence-corrected chi connectivity index (χ0v) is 12.4. The summed E-state index contributed by atoms with van der Waals surface area (Å²) in [5.41, 5.74) is 1.75. The van der Waals surface area contributed by atoms with Gasteiger partial charge in [0, 0.05) is 17.8 Å². The van der Waals surface area contributed by atoms with E-state index in [2.05, 4.69) is 21.2 Å². The van der Waals surface area contributed by atoms with Crippen molar-refractivity contribution in [2.24, 2.45) is 0 Å². The maximum absolute atomic E-state index is 9.89. The minimum atomic E-state index is 0.00215. The van der Waals surface area contributed by atoms with Crippen molar-refractivity contribution in [3.8, 4) is 11.5 Å². The van der Waals surface area contributed by atoms with E-state index in [1.54, 1.807) is 6.07 Å². The van der Waals surface area contributed by atoms with Crippen LogP contribution in [0.2, 0.25) is 0 Å². The Balaban J connectivity index is 1.95. The first kappa shape index (κ1) is 14.7. The highest BCUT2D eigenvalue weighted by molar-refractivity contribution is 9.10. The molecule has 2 rings (SSSR count). The average molecular weight is 338 g/mol. The first-order valence-electron chi connectivity index (χ1n) is 6.24. The molecule has 3 N–H and O–H groups in total. The zero-order chi connectivity index (χ0) is 14.4. The first-order chi connectivity index (χ1) is 9.70. The molecule has 0 bridgehead atoms. The smallest absolute Gasteiger partial charge is 0.134 e. The highest BCUT2D eigenvalue weighted by Gasteiger charge is 2.04. The van der Waals surface area contributed by atoms with E-state index in [1.165, 1.54) is 0 Å². The zero-order valence-electron chi connectivity index (χ0n) is 10.8. The normalized spacial score (nSPS) is 10.3. The van der Waals surface area contributed by atoms with Crippen LogP contribution >= 0.6 is 15.9 Å². The summed E-state index contributed by atoms with van der Waals surface area (Å²) in [5.74, 6) is 0.970. The number of hydrogen-bond acceptors (Lipinski definition) is 4. The Kier molecular flexibility index (Phi) is 5.26. The fourth-order valence-corrected chi connectivity index (χ4v) is 2.14. The lowest BCUT2D eigenvalue weighted by atomic mass is 10.2. The van der Waals surface area contributed by atoms with Crippen LogP contribution in [0.25, 0.3) is 0 Å². The molecule has 0 aromatic heterocycles. The highest BCUT2D eigenvalue weighted by atomic mass is 79.9. The number of hydrogen-bond donors (Lipinski definition) is 3. The Hall–Kier alpha value is -1.72. The maximum Gasteiger partial charge on any atom is 0.134 e. The van der Waals surface area contributed by atoms with Crippen LogP contribution in [0.5, 0.6) is 11.5 Å². The summed E-state index contributed by atoms with van der Waals surface area (Å²) in [6, 6.07) is 13.0. The van der Waals surface area contributed by atoms with E-state index < -0.39 is 0 Å². The number of aromatic hydroxyl groups is 1. The van der Waals surface area contributed by atoms with Crippen LogP contribution in [-0.2, 0) is 6.54 Å². The van der Waals surface area contributed by atoms with Gasteiger partial charge in [-0.25, -0.2) is 0 Å². The predicted molar refractivity (Wildman–Crippen MR) is 82.2 cm³/mol. The van der Waals surface area contributed by atoms with Gasteiger partial charge in [0.25, 0.3) is 0 Å². The van der Waals surface area contributed by atoms with Gasteiger partial charge in [0.15, 0.2) is 0 Å². The van der Waals surface area contributed by atoms with Gasteiger partial charge in [0.05, 0.1) is 11.1 Å².